The third kappa shape index (κ3) is 5.21. The second-order valence-corrected chi connectivity index (χ2v) is 5.67. The van der Waals surface area contributed by atoms with Gasteiger partial charge in [-0.05, 0) is 43.9 Å². The summed E-state index contributed by atoms with van der Waals surface area (Å²) in [6.45, 7) is 5.21. The Morgan fingerprint density at radius 3 is 2.81 bits per heavy atom. The predicted molar refractivity (Wildman–Crippen MR) is 82.7 cm³/mol. The second kappa shape index (κ2) is 8.25. The van der Waals surface area contributed by atoms with Crippen molar-refractivity contribution in [1.82, 2.24) is 4.90 Å². The number of halogens is 1. The van der Waals surface area contributed by atoms with Crippen LogP contribution in [0.4, 0.5) is 0 Å². The fourth-order valence-electron chi connectivity index (χ4n) is 2.43. The molecule has 21 heavy (non-hydrogen) atoms. The van der Waals surface area contributed by atoms with Crippen LogP contribution in [0, 0.1) is 5.92 Å². The summed E-state index contributed by atoms with van der Waals surface area (Å²) in [6.07, 6.45) is 2.01. The lowest BCUT2D eigenvalue weighted by Gasteiger charge is -2.31. The third-order valence-electron chi connectivity index (χ3n) is 3.68. The summed E-state index contributed by atoms with van der Waals surface area (Å²) in [6, 6.07) is 7.09. The van der Waals surface area contributed by atoms with Crippen LogP contribution in [0.5, 0.6) is 5.75 Å². The molecular weight excluding hydrogens is 290 g/mol. The van der Waals surface area contributed by atoms with E-state index in [0.717, 1.165) is 39.1 Å². The van der Waals surface area contributed by atoms with Crippen LogP contribution in [0.15, 0.2) is 24.3 Å². The molecule has 1 aliphatic rings. The first-order valence-electron chi connectivity index (χ1n) is 7.43. The number of rotatable bonds is 6. The number of benzene rings is 1. The SMILES string of the molecule is CCOCC1CCN(C(=O)COc2cccc(Cl)c2)CC1. The molecular formula is C16H22ClNO3. The molecule has 0 spiro atoms. The maximum Gasteiger partial charge on any atom is 0.260 e. The molecule has 0 saturated carbocycles. The van der Waals surface area contributed by atoms with E-state index >= 15 is 0 Å². The monoisotopic (exact) mass is 311 g/mol. The van der Waals surface area contributed by atoms with Gasteiger partial charge in [0.05, 0.1) is 0 Å². The summed E-state index contributed by atoms with van der Waals surface area (Å²) in [5.41, 5.74) is 0. The molecule has 1 saturated heterocycles. The Morgan fingerprint density at radius 1 is 1.38 bits per heavy atom. The van der Waals surface area contributed by atoms with E-state index in [9.17, 15) is 4.79 Å². The zero-order chi connectivity index (χ0) is 15.1. The molecule has 1 heterocycles. The molecule has 0 radical (unpaired) electrons. The third-order valence-corrected chi connectivity index (χ3v) is 3.92. The van der Waals surface area contributed by atoms with Crippen molar-refractivity contribution in [2.24, 2.45) is 5.92 Å². The van der Waals surface area contributed by atoms with Gasteiger partial charge in [0, 0.05) is 31.3 Å². The number of hydrogen-bond acceptors (Lipinski definition) is 3. The average molecular weight is 312 g/mol. The second-order valence-electron chi connectivity index (χ2n) is 5.23. The Balaban J connectivity index is 1.72. The van der Waals surface area contributed by atoms with Gasteiger partial charge in [-0.1, -0.05) is 17.7 Å². The lowest BCUT2D eigenvalue weighted by atomic mass is 9.98. The number of carbonyl (C=O) groups is 1. The molecule has 1 aromatic rings. The summed E-state index contributed by atoms with van der Waals surface area (Å²) in [4.78, 5) is 14.0. The quantitative estimate of drug-likeness (QED) is 0.810. The number of carbonyl (C=O) groups excluding carboxylic acids is 1. The fourth-order valence-corrected chi connectivity index (χ4v) is 2.61. The molecule has 4 nitrogen and oxygen atoms in total. The molecule has 0 aromatic heterocycles. The van der Waals surface area contributed by atoms with Gasteiger partial charge < -0.3 is 14.4 Å². The van der Waals surface area contributed by atoms with E-state index in [1.54, 1.807) is 24.3 Å². The van der Waals surface area contributed by atoms with Crippen molar-refractivity contribution in [2.75, 3.05) is 32.9 Å². The topological polar surface area (TPSA) is 38.8 Å². The molecule has 2 rings (SSSR count). The van der Waals surface area contributed by atoms with E-state index in [4.69, 9.17) is 21.1 Å². The first kappa shape index (κ1) is 16.1. The van der Waals surface area contributed by atoms with Gasteiger partial charge in [-0.2, -0.15) is 0 Å². The average Bonchev–Trinajstić information content (AvgIpc) is 2.51. The standard InChI is InChI=1S/C16H22ClNO3/c1-2-20-11-13-6-8-18(9-7-13)16(19)12-21-15-5-3-4-14(17)10-15/h3-5,10,13H,2,6-9,11-12H2,1H3. The molecule has 0 N–H and O–H groups in total. The lowest BCUT2D eigenvalue weighted by molar-refractivity contribution is -0.135. The zero-order valence-electron chi connectivity index (χ0n) is 12.4. The Hall–Kier alpha value is -1.26. The summed E-state index contributed by atoms with van der Waals surface area (Å²) in [5, 5.41) is 0.608. The highest BCUT2D eigenvalue weighted by Crippen LogP contribution is 2.19. The Bertz CT molecular complexity index is 459. The molecule has 1 fully saturated rings. The summed E-state index contributed by atoms with van der Waals surface area (Å²) in [7, 11) is 0. The predicted octanol–water partition coefficient (Wildman–Crippen LogP) is 2.99. The molecule has 0 aliphatic carbocycles. The number of ether oxygens (including phenoxy) is 2. The van der Waals surface area contributed by atoms with Crippen LogP contribution in [-0.4, -0.2) is 43.7 Å². The van der Waals surface area contributed by atoms with Crippen LogP contribution in [0.3, 0.4) is 0 Å². The molecule has 5 heteroatoms. The number of amides is 1. The van der Waals surface area contributed by atoms with Gasteiger partial charge in [0.1, 0.15) is 5.75 Å². The van der Waals surface area contributed by atoms with Crippen LogP contribution >= 0.6 is 11.6 Å². The number of nitrogens with zero attached hydrogens (tertiary/aromatic N) is 1. The molecule has 0 atom stereocenters. The minimum Gasteiger partial charge on any atom is -0.484 e. The van der Waals surface area contributed by atoms with Gasteiger partial charge in [0.2, 0.25) is 0 Å². The van der Waals surface area contributed by atoms with E-state index in [1.807, 2.05) is 11.8 Å². The van der Waals surface area contributed by atoms with Crippen molar-refractivity contribution in [1.29, 1.82) is 0 Å². The maximum absolute atomic E-state index is 12.1. The van der Waals surface area contributed by atoms with Gasteiger partial charge in [-0.25, -0.2) is 0 Å². The van der Waals surface area contributed by atoms with Crippen molar-refractivity contribution >= 4 is 17.5 Å². The van der Waals surface area contributed by atoms with Gasteiger partial charge in [0.15, 0.2) is 6.61 Å². The molecule has 1 aromatic carbocycles. The minimum atomic E-state index is 0.0323. The molecule has 116 valence electrons. The van der Waals surface area contributed by atoms with E-state index in [-0.39, 0.29) is 12.5 Å². The van der Waals surface area contributed by atoms with Crippen LogP contribution in [0.2, 0.25) is 5.02 Å². The van der Waals surface area contributed by atoms with Crippen molar-refractivity contribution in [3.05, 3.63) is 29.3 Å². The van der Waals surface area contributed by atoms with Crippen molar-refractivity contribution in [3.63, 3.8) is 0 Å². The molecule has 0 bridgehead atoms. The van der Waals surface area contributed by atoms with Gasteiger partial charge in [0.25, 0.3) is 5.91 Å². The zero-order valence-corrected chi connectivity index (χ0v) is 13.1. The van der Waals surface area contributed by atoms with E-state index < -0.39 is 0 Å². The Kier molecular flexibility index (Phi) is 6.33. The number of hydrogen-bond donors (Lipinski definition) is 0. The molecule has 0 unspecified atom stereocenters. The largest absolute Gasteiger partial charge is 0.484 e. The first-order chi connectivity index (χ1) is 10.2. The highest BCUT2D eigenvalue weighted by Gasteiger charge is 2.22. The van der Waals surface area contributed by atoms with Crippen LogP contribution in [-0.2, 0) is 9.53 Å². The lowest BCUT2D eigenvalue weighted by Crippen LogP contribution is -2.41. The summed E-state index contributed by atoms with van der Waals surface area (Å²) in [5.74, 6) is 1.23. The van der Waals surface area contributed by atoms with E-state index in [1.165, 1.54) is 0 Å². The highest BCUT2D eigenvalue weighted by molar-refractivity contribution is 6.30. The first-order valence-corrected chi connectivity index (χ1v) is 7.80. The van der Waals surface area contributed by atoms with Crippen LogP contribution in [0.25, 0.3) is 0 Å². The smallest absolute Gasteiger partial charge is 0.260 e. The van der Waals surface area contributed by atoms with E-state index in [0.29, 0.717) is 16.7 Å². The van der Waals surface area contributed by atoms with Crippen molar-refractivity contribution in [2.45, 2.75) is 19.8 Å². The Labute approximate surface area is 131 Å². The maximum atomic E-state index is 12.1. The molecule has 1 amide bonds. The van der Waals surface area contributed by atoms with Crippen LogP contribution in [0.1, 0.15) is 19.8 Å². The Morgan fingerprint density at radius 2 is 2.14 bits per heavy atom. The van der Waals surface area contributed by atoms with Gasteiger partial charge >= 0.3 is 0 Å². The number of likely N-dealkylation sites (tertiary alicyclic amines) is 1. The van der Waals surface area contributed by atoms with Crippen molar-refractivity contribution in [3.8, 4) is 5.75 Å². The fraction of sp³-hybridized carbons (Fsp3) is 0.562. The normalized spacial score (nSPS) is 16.0. The van der Waals surface area contributed by atoms with Gasteiger partial charge in [-0.3, -0.25) is 4.79 Å². The van der Waals surface area contributed by atoms with Gasteiger partial charge in [-0.15, -0.1) is 0 Å². The highest BCUT2D eigenvalue weighted by atomic mass is 35.5. The minimum absolute atomic E-state index is 0.0323. The molecule has 1 aliphatic heterocycles. The summed E-state index contributed by atoms with van der Waals surface area (Å²) >= 11 is 5.88. The van der Waals surface area contributed by atoms with Crippen LogP contribution < -0.4 is 4.74 Å². The van der Waals surface area contributed by atoms with Crippen molar-refractivity contribution < 1.29 is 14.3 Å². The van der Waals surface area contributed by atoms with E-state index in [2.05, 4.69) is 0 Å². The number of piperidine rings is 1. The summed E-state index contributed by atoms with van der Waals surface area (Å²) < 4.78 is 10.9.